The van der Waals surface area contributed by atoms with Gasteiger partial charge in [-0.1, -0.05) is 29.8 Å². The normalized spacial score (nSPS) is 16.8. The lowest BCUT2D eigenvalue weighted by molar-refractivity contribution is -0.383. The number of carbonyl (C=O) groups excluding carboxylic acids is 3. The van der Waals surface area contributed by atoms with Gasteiger partial charge in [-0.3, -0.25) is 24.5 Å². The third kappa shape index (κ3) is 4.62. The molecule has 1 N–H and O–H groups in total. The number of hydrogen-bond acceptors (Lipinski definition) is 6. The molecular formula is C21H21N3O6. The fourth-order valence-electron chi connectivity index (χ4n) is 3.14. The molecule has 0 unspecified atom stereocenters. The van der Waals surface area contributed by atoms with E-state index in [0.717, 1.165) is 5.56 Å². The number of nitro benzene ring substituents is 1. The Morgan fingerprint density at radius 2 is 1.87 bits per heavy atom. The van der Waals surface area contributed by atoms with Crippen molar-refractivity contribution in [3.05, 3.63) is 64.2 Å². The van der Waals surface area contributed by atoms with Crippen molar-refractivity contribution in [2.45, 2.75) is 26.4 Å². The number of anilines is 2. The minimum absolute atomic E-state index is 0.00872. The van der Waals surface area contributed by atoms with E-state index in [9.17, 15) is 24.5 Å². The number of para-hydroxylation sites is 2. The minimum atomic E-state index is -1.18. The van der Waals surface area contributed by atoms with Crippen LogP contribution in [0.15, 0.2) is 48.5 Å². The maximum Gasteiger partial charge on any atom is 0.312 e. The molecule has 0 bridgehead atoms. The summed E-state index contributed by atoms with van der Waals surface area (Å²) in [7, 11) is 0. The molecule has 1 heterocycles. The molecule has 1 fully saturated rings. The van der Waals surface area contributed by atoms with E-state index in [1.807, 2.05) is 31.2 Å². The van der Waals surface area contributed by atoms with Crippen LogP contribution in [-0.4, -0.2) is 35.4 Å². The molecule has 3 rings (SSSR count). The van der Waals surface area contributed by atoms with E-state index >= 15 is 0 Å². The third-order valence-corrected chi connectivity index (χ3v) is 4.82. The minimum Gasteiger partial charge on any atom is -0.452 e. The Bertz CT molecular complexity index is 988. The van der Waals surface area contributed by atoms with Crippen LogP contribution in [0.4, 0.5) is 17.1 Å². The van der Waals surface area contributed by atoms with Crippen LogP contribution in [0.3, 0.4) is 0 Å². The summed E-state index contributed by atoms with van der Waals surface area (Å²) in [6.45, 7) is 3.47. The molecular weight excluding hydrogens is 390 g/mol. The lowest BCUT2D eigenvalue weighted by atomic mass is 10.1. The number of amides is 2. The summed E-state index contributed by atoms with van der Waals surface area (Å²) in [4.78, 5) is 49.1. The lowest BCUT2D eigenvalue weighted by Gasteiger charge is -2.18. The van der Waals surface area contributed by atoms with Crippen molar-refractivity contribution in [1.29, 1.82) is 0 Å². The second-order valence-electron chi connectivity index (χ2n) is 7.08. The van der Waals surface area contributed by atoms with Crippen molar-refractivity contribution >= 4 is 34.8 Å². The quantitative estimate of drug-likeness (QED) is 0.443. The van der Waals surface area contributed by atoms with E-state index in [2.05, 4.69) is 5.32 Å². The molecule has 2 atom stereocenters. The van der Waals surface area contributed by atoms with Crippen LogP contribution in [0.1, 0.15) is 18.9 Å². The molecule has 9 heteroatoms. The van der Waals surface area contributed by atoms with Gasteiger partial charge in [0, 0.05) is 24.7 Å². The van der Waals surface area contributed by atoms with Crippen LogP contribution in [0.25, 0.3) is 0 Å². The highest BCUT2D eigenvalue weighted by molar-refractivity contribution is 6.00. The van der Waals surface area contributed by atoms with Crippen LogP contribution in [0, 0.1) is 23.0 Å². The first-order valence-corrected chi connectivity index (χ1v) is 9.38. The van der Waals surface area contributed by atoms with Gasteiger partial charge in [-0.25, -0.2) is 0 Å². The number of carbonyl (C=O) groups is 3. The topological polar surface area (TPSA) is 119 Å². The van der Waals surface area contributed by atoms with Crippen LogP contribution in [0.2, 0.25) is 0 Å². The third-order valence-electron chi connectivity index (χ3n) is 4.82. The summed E-state index contributed by atoms with van der Waals surface area (Å²) in [5.74, 6) is -2.25. The van der Waals surface area contributed by atoms with Crippen molar-refractivity contribution in [2.24, 2.45) is 5.92 Å². The standard InChI is InChI=1S/C21H21N3O6/c1-13-7-9-16(10-8-13)23-12-15(11-19(23)25)21(27)30-14(2)20(26)22-17-5-3-4-6-18(17)24(28)29/h3-10,14-15H,11-12H2,1-2H3,(H,22,26)/t14-,15-/m0/s1. The van der Waals surface area contributed by atoms with Gasteiger partial charge >= 0.3 is 5.97 Å². The molecule has 2 aromatic rings. The van der Waals surface area contributed by atoms with Gasteiger partial charge in [0.1, 0.15) is 5.69 Å². The van der Waals surface area contributed by atoms with Gasteiger partial charge in [-0.05, 0) is 32.0 Å². The van der Waals surface area contributed by atoms with Crippen LogP contribution in [0.5, 0.6) is 0 Å². The first-order chi connectivity index (χ1) is 14.3. The Morgan fingerprint density at radius 1 is 1.20 bits per heavy atom. The smallest absolute Gasteiger partial charge is 0.312 e. The van der Waals surface area contributed by atoms with Crippen molar-refractivity contribution in [3.63, 3.8) is 0 Å². The molecule has 30 heavy (non-hydrogen) atoms. The van der Waals surface area contributed by atoms with E-state index in [4.69, 9.17) is 4.74 Å². The Balaban J connectivity index is 1.60. The lowest BCUT2D eigenvalue weighted by Crippen LogP contribution is -2.33. The van der Waals surface area contributed by atoms with E-state index in [-0.39, 0.29) is 30.2 Å². The number of nitro groups is 1. The highest BCUT2D eigenvalue weighted by Crippen LogP contribution is 2.27. The SMILES string of the molecule is Cc1ccc(N2C[C@@H](C(=O)O[C@@H](C)C(=O)Nc3ccccc3[N+](=O)[O-])CC2=O)cc1. The number of benzene rings is 2. The van der Waals surface area contributed by atoms with Crippen molar-refractivity contribution in [3.8, 4) is 0 Å². The van der Waals surface area contributed by atoms with Crippen LogP contribution >= 0.6 is 0 Å². The molecule has 156 valence electrons. The number of ether oxygens (including phenoxy) is 1. The average Bonchev–Trinajstić information content (AvgIpc) is 3.10. The Kier molecular flexibility index (Phi) is 6.10. The predicted molar refractivity (Wildman–Crippen MR) is 109 cm³/mol. The monoisotopic (exact) mass is 411 g/mol. The predicted octanol–water partition coefficient (Wildman–Crippen LogP) is 2.83. The van der Waals surface area contributed by atoms with E-state index < -0.39 is 28.8 Å². The van der Waals surface area contributed by atoms with Crippen molar-refractivity contribution in [1.82, 2.24) is 0 Å². The first-order valence-electron chi connectivity index (χ1n) is 9.38. The largest absolute Gasteiger partial charge is 0.452 e. The zero-order valence-corrected chi connectivity index (χ0v) is 16.5. The summed E-state index contributed by atoms with van der Waals surface area (Å²) in [5.41, 5.74) is 1.50. The van der Waals surface area contributed by atoms with Gasteiger partial charge in [0.25, 0.3) is 11.6 Å². The van der Waals surface area contributed by atoms with Gasteiger partial charge in [-0.15, -0.1) is 0 Å². The summed E-state index contributed by atoms with van der Waals surface area (Å²) < 4.78 is 5.22. The van der Waals surface area contributed by atoms with Crippen LogP contribution < -0.4 is 10.2 Å². The fourth-order valence-corrected chi connectivity index (χ4v) is 3.14. The number of rotatable bonds is 6. The highest BCUT2D eigenvalue weighted by Gasteiger charge is 2.37. The highest BCUT2D eigenvalue weighted by atomic mass is 16.6. The van der Waals surface area contributed by atoms with E-state index in [1.54, 1.807) is 6.07 Å². The van der Waals surface area contributed by atoms with Gasteiger partial charge in [0.05, 0.1) is 10.8 Å². The Morgan fingerprint density at radius 3 is 2.53 bits per heavy atom. The number of nitrogens with one attached hydrogen (secondary N) is 1. The summed E-state index contributed by atoms with van der Waals surface area (Å²) in [5, 5.41) is 13.5. The van der Waals surface area contributed by atoms with Crippen molar-refractivity contribution in [2.75, 3.05) is 16.8 Å². The number of nitrogens with zero attached hydrogens (tertiary/aromatic N) is 2. The molecule has 2 amide bonds. The summed E-state index contributed by atoms with van der Waals surface area (Å²) in [6, 6.07) is 13.0. The molecule has 2 aromatic carbocycles. The van der Waals surface area contributed by atoms with E-state index in [0.29, 0.717) is 5.69 Å². The summed E-state index contributed by atoms with van der Waals surface area (Å²) in [6.07, 6.45) is -1.19. The number of aryl methyl sites for hydroxylation is 1. The summed E-state index contributed by atoms with van der Waals surface area (Å²) >= 11 is 0. The zero-order chi connectivity index (χ0) is 21.8. The van der Waals surface area contributed by atoms with E-state index in [1.165, 1.54) is 30.0 Å². The zero-order valence-electron chi connectivity index (χ0n) is 16.5. The number of esters is 1. The van der Waals surface area contributed by atoms with Crippen molar-refractivity contribution < 1.29 is 24.0 Å². The second kappa shape index (κ2) is 8.73. The first kappa shape index (κ1) is 21.0. The molecule has 1 saturated heterocycles. The molecule has 0 spiro atoms. The molecule has 0 radical (unpaired) electrons. The Labute approximate surface area is 172 Å². The van der Waals surface area contributed by atoms with Gasteiger partial charge in [-0.2, -0.15) is 0 Å². The fraction of sp³-hybridized carbons (Fsp3) is 0.286. The maximum absolute atomic E-state index is 12.5. The Hall–Kier alpha value is -3.75. The molecule has 0 aliphatic carbocycles. The van der Waals surface area contributed by atoms with Crippen LogP contribution in [-0.2, 0) is 19.1 Å². The number of hydrogen-bond donors (Lipinski definition) is 1. The maximum atomic E-state index is 12.5. The molecule has 9 nitrogen and oxygen atoms in total. The van der Waals surface area contributed by atoms with Gasteiger partial charge < -0.3 is 15.0 Å². The molecule has 1 aliphatic heterocycles. The second-order valence-corrected chi connectivity index (χ2v) is 7.08. The molecule has 1 aliphatic rings. The molecule has 0 saturated carbocycles. The van der Waals surface area contributed by atoms with Gasteiger partial charge in [0.15, 0.2) is 6.10 Å². The average molecular weight is 411 g/mol. The van der Waals surface area contributed by atoms with Gasteiger partial charge in [0.2, 0.25) is 5.91 Å². The molecule has 0 aromatic heterocycles.